The summed E-state index contributed by atoms with van der Waals surface area (Å²) in [6, 6.07) is 4.54. The van der Waals surface area contributed by atoms with Crippen LogP contribution in [-0.2, 0) is 14.8 Å². The van der Waals surface area contributed by atoms with E-state index in [1.54, 1.807) is 6.92 Å². The van der Waals surface area contributed by atoms with E-state index < -0.39 is 10.0 Å². The lowest BCUT2D eigenvalue weighted by Crippen LogP contribution is -2.30. The summed E-state index contributed by atoms with van der Waals surface area (Å²) >= 11 is 6.01. The third-order valence-corrected chi connectivity index (χ3v) is 3.61. The first kappa shape index (κ1) is 17.7. The van der Waals surface area contributed by atoms with Gasteiger partial charge in [0.2, 0.25) is 15.9 Å². The van der Waals surface area contributed by atoms with Crippen molar-refractivity contribution in [1.82, 2.24) is 5.32 Å². The first-order valence-corrected chi connectivity index (χ1v) is 8.78. The number of halogens is 1. The minimum atomic E-state index is -3.38. The normalized spacial score (nSPS) is 12.8. The van der Waals surface area contributed by atoms with Crippen molar-refractivity contribution >= 4 is 38.9 Å². The largest absolute Gasteiger partial charge is 0.324 e. The number of hydrogen-bond acceptors (Lipinski definition) is 4. The van der Waals surface area contributed by atoms with Gasteiger partial charge in [-0.3, -0.25) is 9.52 Å². The summed E-state index contributed by atoms with van der Waals surface area (Å²) in [6.07, 6.45) is 1.05. The average molecular weight is 334 g/mol. The Morgan fingerprint density at radius 3 is 2.62 bits per heavy atom. The lowest BCUT2D eigenvalue weighted by Gasteiger charge is -2.14. The van der Waals surface area contributed by atoms with E-state index in [0.717, 1.165) is 12.8 Å². The highest BCUT2D eigenvalue weighted by molar-refractivity contribution is 7.92. The van der Waals surface area contributed by atoms with Gasteiger partial charge in [0.05, 0.1) is 22.7 Å². The molecule has 1 aromatic rings. The average Bonchev–Trinajstić information content (AvgIpc) is 2.38. The quantitative estimate of drug-likeness (QED) is 0.711. The number of carbonyl (C=O) groups excluding carboxylic acids is 1. The van der Waals surface area contributed by atoms with Crippen molar-refractivity contribution in [1.29, 1.82) is 0 Å². The molecule has 0 fully saturated rings. The molecule has 8 heteroatoms. The van der Waals surface area contributed by atoms with Gasteiger partial charge in [-0.1, -0.05) is 25.4 Å². The predicted octanol–water partition coefficient (Wildman–Crippen LogP) is 1.90. The Kier molecular flexibility index (Phi) is 6.44. The van der Waals surface area contributed by atoms with E-state index in [1.165, 1.54) is 18.2 Å². The summed E-state index contributed by atoms with van der Waals surface area (Å²) in [5.41, 5.74) is 0.718. The number of amides is 1. The molecule has 0 radical (unpaired) electrons. The second kappa shape index (κ2) is 7.63. The van der Waals surface area contributed by atoms with E-state index in [0.29, 0.717) is 22.9 Å². The molecule has 3 N–H and O–H groups in total. The lowest BCUT2D eigenvalue weighted by atomic mass is 10.1. The molecule has 118 valence electrons. The van der Waals surface area contributed by atoms with Crippen LogP contribution in [0.3, 0.4) is 0 Å². The van der Waals surface area contributed by atoms with Gasteiger partial charge in [-0.15, -0.1) is 0 Å². The number of sulfonamides is 1. The van der Waals surface area contributed by atoms with Crippen LogP contribution in [0.1, 0.15) is 13.8 Å². The summed E-state index contributed by atoms with van der Waals surface area (Å²) < 4.78 is 24.7. The number of nitrogens with one attached hydrogen (secondary N) is 3. The van der Waals surface area contributed by atoms with Gasteiger partial charge in [-0.2, -0.15) is 0 Å². The second-order valence-electron chi connectivity index (χ2n) is 4.77. The topological polar surface area (TPSA) is 87.3 Å². The van der Waals surface area contributed by atoms with Crippen LogP contribution in [0, 0.1) is 5.92 Å². The van der Waals surface area contributed by atoms with Crippen molar-refractivity contribution in [2.75, 3.05) is 29.4 Å². The zero-order chi connectivity index (χ0) is 16.0. The molecular formula is C13H20ClN3O3S. The fourth-order valence-corrected chi connectivity index (χ4v) is 2.33. The Hall–Kier alpha value is -1.31. The molecule has 1 rings (SSSR count). The Bertz CT molecular complexity index is 605. The second-order valence-corrected chi connectivity index (χ2v) is 6.92. The molecule has 0 aromatic heterocycles. The highest BCUT2D eigenvalue weighted by atomic mass is 35.5. The number of hydrogen-bond donors (Lipinski definition) is 3. The maximum Gasteiger partial charge on any atom is 0.229 e. The van der Waals surface area contributed by atoms with Crippen molar-refractivity contribution in [2.24, 2.45) is 5.92 Å². The molecule has 0 spiro atoms. The fraction of sp³-hybridized carbons (Fsp3) is 0.462. The van der Waals surface area contributed by atoms with Crippen LogP contribution in [0.15, 0.2) is 18.2 Å². The third kappa shape index (κ3) is 6.33. The zero-order valence-electron chi connectivity index (χ0n) is 12.2. The van der Waals surface area contributed by atoms with E-state index in [1.807, 2.05) is 6.92 Å². The Labute approximate surface area is 130 Å². The van der Waals surface area contributed by atoms with Gasteiger partial charge in [0.15, 0.2) is 0 Å². The van der Waals surface area contributed by atoms with Crippen molar-refractivity contribution in [3.63, 3.8) is 0 Å². The van der Waals surface area contributed by atoms with Gasteiger partial charge in [-0.05, 0) is 24.7 Å². The Morgan fingerprint density at radius 2 is 2.05 bits per heavy atom. The van der Waals surface area contributed by atoms with Crippen molar-refractivity contribution < 1.29 is 13.2 Å². The van der Waals surface area contributed by atoms with Crippen molar-refractivity contribution in [2.45, 2.75) is 13.8 Å². The third-order valence-electron chi connectivity index (χ3n) is 2.68. The Balaban J connectivity index is 2.82. The van der Waals surface area contributed by atoms with E-state index in [2.05, 4.69) is 15.4 Å². The van der Waals surface area contributed by atoms with Crippen LogP contribution in [0.2, 0.25) is 5.02 Å². The smallest absolute Gasteiger partial charge is 0.229 e. The molecule has 6 nitrogen and oxygen atoms in total. The van der Waals surface area contributed by atoms with Gasteiger partial charge in [0, 0.05) is 12.5 Å². The summed E-state index contributed by atoms with van der Waals surface area (Å²) in [4.78, 5) is 12.0. The minimum Gasteiger partial charge on any atom is -0.324 e. The summed E-state index contributed by atoms with van der Waals surface area (Å²) in [6.45, 7) is 5.10. The highest BCUT2D eigenvalue weighted by Gasteiger charge is 2.14. The fourth-order valence-electron chi connectivity index (χ4n) is 1.61. The van der Waals surface area contributed by atoms with Gasteiger partial charge in [0.1, 0.15) is 0 Å². The maximum absolute atomic E-state index is 12.0. The van der Waals surface area contributed by atoms with E-state index >= 15 is 0 Å². The highest BCUT2D eigenvalue weighted by Crippen LogP contribution is 2.26. The maximum atomic E-state index is 12.0. The summed E-state index contributed by atoms with van der Waals surface area (Å²) in [7, 11) is -3.38. The molecule has 0 saturated carbocycles. The van der Waals surface area contributed by atoms with Crippen LogP contribution in [0.25, 0.3) is 0 Å². The standard InChI is InChI=1S/C13H20ClN3O3S/c1-4-15-8-9(2)13(18)16-12-7-10(5-6-11(12)14)17-21(3,19)20/h5-7,9,15,17H,4,8H2,1-3H3,(H,16,18). The molecule has 0 aliphatic heterocycles. The first-order chi connectivity index (χ1) is 9.73. The number of carbonyl (C=O) groups is 1. The lowest BCUT2D eigenvalue weighted by molar-refractivity contribution is -0.119. The van der Waals surface area contributed by atoms with Gasteiger partial charge < -0.3 is 10.6 Å². The van der Waals surface area contributed by atoms with Crippen LogP contribution in [0.4, 0.5) is 11.4 Å². The molecule has 0 aliphatic carbocycles. The zero-order valence-corrected chi connectivity index (χ0v) is 13.8. The molecule has 0 bridgehead atoms. The van der Waals surface area contributed by atoms with Crippen molar-refractivity contribution in [3.05, 3.63) is 23.2 Å². The molecule has 0 heterocycles. The van der Waals surface area contributed by atoms with Crippen LogP contribution < -0.4 is 15.4 Å². The van der Waals surface area contributed by atoms with Crippen LogP contribution in [0.5, 0.6) is 0 Å². The van der Waals surface area contributed by atoms with Gasteiger partial charge in [-0.25, -0.2) is 8.42 Å². The number of anilines is 2. The van der Waals surface area contributed by atoms with E-state index in [9.17, 15) is 13.2 Å². The van der Waals surface area contributed by atoms with Gasteiger partial charge >= 0.3 is 0 Å². The number of rotatable bonds is 7. The van der Waals surface area contributed by atoms with Crippen LogP contribution >= 0.6 is 11.6 Å². The van der Waals surface area contributed by atoms with Crippen molar-refractivity contribution in [3.8, 4) is 0 Å². The van der Waals surface area contributed by atoms with E-state index in [-0.39, 0.29) is 11.8 Å². The molecule has 1 aromatic carbocycles. The SMILES string of the molecule is CCNCC(C)C(=O)Nc1cc(NS(C)(=O)=O)ccc1Cl. The molecule has 1 amide bonds. The molecule has 21 heavy (non-hydrogen) atoms. The molecule has 0 aliphatic rings. The Morgan fingerprint density at radius 1 is 1.38 bits per heavy atom. The van der Waals surface area contributed by atoms with Crippen LogP contribution in [-0.4, -0.2) is 33.7 Å². The monoisotopic (exact) mass is 333 g/mol. The summed E-state index contributed by atoms with van der Waals surface area (Å²) in [5.74, 6) is -0.415. The number of benzene rings is 1. The molecule has 0 saturated heterocycles. The minimum absolute atomic E-state index is 0.186. The summed E-state index contributed by atoms with van der Waals surface area (Å²) in [5, 5.41) is 6.13. The van der Waals surface area contributed by atoms with E-state index in [4.69, 9.17) is 11.6 Å². The van der Waals surface area contributed by atoms with Gasteiger partial charge in [0.25, 0.3) is 0 Å². The molecule has 1 unspecified atom stereocenters. The predicted molar refractivity (Wildman–Crippen MR) is 86.3 cm³/mol. The molecule has 1 atom stereocenters. The molecular weight excluding hydrogens is 314 g/mol. The first-order valence-electron chi connectivity index (χ1n) is 6.52.